The zero-order valence-corrected chi connectivity index (χ0v) is 33.0. The maximum Gasteiger partial charge on any atom is 0.204 e. The number of aliphatic hydroxyl groups excluding tert-OH is 4. The molecule has 0 unspecified atom stereocenters. The molecule has 2 aliphatic heterocycles. The van der Waals surface area contributed by atoms with Crippen molar-refractivity contribution in [1.82, 2.24) is 0 Å². The van der Waals surface area contributed by atoms with Gasteiger partial charge in [-0.3, -0.25) is 0 Å². The van der Waals surface area contributed by atoms with Crippen LogP contribution >= 0.6 is 0 Å². The molecule has 0 aromatic heterocycles. The lowest BCUT2D eigenvalue weighted by molar-refractivity contribution is -0.00205. The summed E-state index contributed by atoms with van der Waals surface area (Å²) in [5, 5.41) is 62.8. The highest BCUT2D eigenvalue weighted by Gasteiger charge is 2.49. The van der Waals surface area contributed by atoms with Crippen LogP contribution in [0, 0.1) is 11.8 Å². The van der Waals surface area contributed by atoms with Crippen molar-refractivity contribution in [2.24, 2.45) is 11.8 Å². The maximum absolute atomic E-state index is 11.2. The number of benzene rings is 4. The average molecular weight is 811 g/mol. The molecule has 2 heterocycles. The largest absolute Gasteiger partial charge is 0.504 e. The fourth-order valence-corrected chi connectivity index (χ4v) is 7.49. The lowest BCUT2D eigenvalue weighted by Crippen LogP contribution is -2.29. The molecule has 0 aliphatic carbocycles. The van der Waals surface area contributed by atoms with E-state index in [1.54, 1.807) is 24.3 Å². The van der Waals surface area contributed by atoms with Crippen LogP contribution in [-0.4, -0.2) is 112 Å². The van der Waals surface area contributed by atoms with E-state index in [0.29, 0.717) is 24.3 Å². The van der Waals surface area contributed by atoms with Crippen LogP contribution in [-0.2, 0) is 9.47 Å². The Bertz CT molecular complexity index is 1830. The molecule has 0 radical (unpaired) electrons. The topological polar surface area (TPSA) is 214 Å². The van der Waals surface area contributed by atoms with E-state index in [9.17, 15) is 30.6 Å². The summed E-state index contributed by atoms with van der Waals surface area (Å²) in [5.74, 6) is 1.38. The maximum atomic E-state index is 11.2. The second-order valence-electron chi connectivity index (χ2n) is 13.8. The Kier molecular flexibility index (Phi) is 13.5. The first-order chi connectivity index (χ1) is 28.0. The third-order valence-corrected chi connectivity index (χ3v) is 10.6. The van der Waals surface area contributed by atoms with Gasteiger partial charge in [-0.1, -0.05) is 12.1 Å². The molecule has 2 aliphatic rings. The van der Waals surface area contributed by atoms with Gasteiger partial charge in [0.1, 0.15) is 12.2 Å². The Balaban J connectivity index is 1.22. The van der Waals surface area contributed by atoms with E-state index in [2.05, 4.69) is 0 Å². The quantitative estimate of drug-likeness (QED) is 0.0832. The average Bonchev–Trinajstić information content (AvgIpc) is 3.87. The van der Waals surface area contributed by atoms with Crippen LogP contribution < -0.4 is 37.9 Å². The van der Waals surface area contributed by atoms with Gasteiger partial charge in [0.15, 0.2) is 58.2 Å². The Labute approximate surface area is 335 Å². The predicted molar refractivity (Wildman–Crippen MR) is 206 cm³/mol. The van der Waals surface area contributed by atoms with Crippen molar-refractivity contribution in [3.63, 3.8) is 0 Å². The predicted octanol–water partition coefficient (Wildman–Crippen LogP) is 4.17. The fourth-order valence-electron chi connectivity index (χ4n) is 7.49. The SMILES string of the molecule is COc1cc([C@@H](O)[C@H](CO)Oc2c(OC)cc([C@@H]3OC[C@@H]4[C@H]3CO[C@H]4c3cc(OC)c(O[C@@H](CO)[C@H](O)c4ccc(O)c(OC)c4)c(OC)c3)cc2OC)ccc1O. The van der Waals surface area contributed by atoms with E-state index in [0.717, 1.165) is 11.1 Å². The van der Waals surface area contributed by atoms with Crippen LogP contribution in [0.3, 0.4) is 0 Å². The first-order valence-electron chi connectivity index (χ1n) is 18.4. The van der Waals surface area contributed by atoms with E-state index in [4.69, 9.17) is 47.4 Å². The summed E-state index contributed by atoms with van der Waals surface area (Å²) in [6, 6.07) is 15.7. The first-order valence-corrected chi connectivity index (χ1v) is 18.4. The Morgan fingerprint density at radius 2 is 0.845 bits per heavy atom. The molecule has 58 heavy (non-hydrogen) atoms. The lowest BCUT2D eigenvalue weighted by Gasteiger charge is -2.26. The molecule has 0 bridgehead atoms. The molecule has 4 aromatic carbocycles. The van der Waals surface area contributed by atoms with Crippen molar-refractivity contribution in [1.29, 1.82) is 0 Å². The number of phenolic OH excluding ortho intramolecular Hbond substituents is 2. The van der Waals surface area contributed by atoms with Gasteiger partial charge >= 0.3 is 0 Å². The van der Waals surface area contributed by atoms with Gasteiger partial charge in [0.2, 0.25) is 11.5 Å². The summed E-state index contributed by atoms with van der Waals surface area (Å²) in [6.45, 7) is -0.408. The third-order valence-electron chi connectivity index (χ3n) is 10.6. The van der Waals surface area contributed by atoms with E-state index >= 15 is 0 Å². The van der Waals surface area contributed by atoms with Gasteiger partial charge in [0.05, 0.1) is 81.3 Å². The molecule has 16 nitrogen and oxygen atoms in total. The number of phenols is 2. The van der Waals surface area contributed by atoms with Crippen LogP contribution in [0.1, 0.15) is 46.7 Å². The zero-order valence-electron chi connectivity index (χ0n) is 33.0. The molecule has 6 N–H and O–H groups in total. The molecule has 2 saturated heterocycles. The van der Waals surface area contributed by atoms with Crippen molar-refractivity contribution in [3.05, 3.63) is 82.9 Å². The molecule has 2 fully saturated rings. The number of methoxy groups -OCH3 is 6. The van der Waals surface area contributed by atoms with Gasteiger partial charge in [-0.15, -0.1) is 0 Å². The molecule has 6 rings (SSSR count). The smallest absolute Gasteiger partial charge is 0.204 e. The monoisotopic (exact) mass is 810 g/mol. The number of rotatable bonds is 18. The molecule has 4 aromatic rings. The molecule has 314 valence electrons. The number of ether oxygens (including phenoxy) is 10. The highest BCUT2D eigenvalue weighted by molar-refractivity contribution is 5.56. The number of hydrogen-bond donors (Lipinski definition) is 6. The van der Waals surface area contributed by atoms with Crippen LogP contribution in [0.25, 0.3) is 0 Å². The van der Waals surface area contributed by atoms with Crippen molar-refractivity contribution < 1.29 is 78.0 Å². The van der Waals surface area contributed by atoms with Crippen molar-refractivity contribution >= 4 is 0 Å². The van der Waals surface area contributed by atoms with Crippen molar-refractivity contribution in [2.45, 2.75) is 36.6 Å². The molecular formula is C42H50O16. The summed E-state index contributed by atoms with van der Waals surface area (Å²) >= 11 is 0. The second-order valence-corrected chi connectivity index (χ2v) is 13.8. The van der Waals surface area contributed by atoms with E-state index in [1.807, 2.05) is 0 Å². The van der Waals surface area contributed by atoms with Crippen LogP contribution in [0.4, 0.5) is 0 Å². The summed E-state index contributed by atoms with van der Waals surface area (Å²) in [6.07, 6.45) is -5.76. The Morgan fingerprint density at radius 3 is 1.14 bits per heavy atom. The van der Waals surface area contributed by atoms with Gasteiger partial charge < -0.3 is 78.0 Å². The fraction of sp³-hybridized carbons (Fsp3) is 0.429. The van der Waals surface area contributed by atoms with E-state index in [1.165, 1.54) is 79.1 Å². The Morgan fingerprint density at radius 1 is 0.517 bits per heavy atom. The van der Waals surface area contributed by atoms with E-state index in [-0.39, 0.29) is 69.3 Å². The van der Waals surface area contributed by atoms with E-state index < -0.39 is 49.8 Å². The minimum Gasteiger partial charge on any atom is -0.504 e. The minimum absolute atomic E-state index is 0.0909. The van der Waals surface area contributed by atoms with Gasteiger partial charge in [-0.2, -0.15) is 0 Å². The van der Waals surface area contributed by atoms with Crippen LogP contribution in [0.15, 0.2) is 60.7 Å². The molecule has 0 spiro atoms. The van der Waals surface area contributed by atoms with Gasteiger partial charge in [0.25, 0.3) is 0 Å². The van der Waals surface area contributed by atoms with Crippen molar-refractivity contribution in [3.8, 4) is 57.5 Å². The van der Waals surface area contributed by atoms with Gasteiger partial charge in [-0.25, -0.2) is 0 Å². The van der Waals surface area contributed by atoms with Crippen LogP contribution in [0.2, 0.25) is 0 Å². The van der Waals surface area contributed by atoms with Crippen LogP contribution in [0.5, 0.6) is 57.5 Å². The van der Waals surface area contributed by atoms with Crippen molar-refractivity contribution in [2.75, 3.05) is 69.1 Å². The minimum atomic E-state index is -1.31. The first kappa shape index (κ1) is 42.3. The van der Waals surface area contributed by atoms with Gasteiger partial charge in [0, 0.05) is 11.8 Å². The standard InChI is InChI=1S/C42H50O16/c1-49-29-11-21(7-9-27(29)45)37(47)35(17-43)57-41-31(51-3)13-23(14-32(41)52-4)39-25-19-56-40(26(25)20-55-39)24-15-33(53-5)42(34(16-24)54-6)58-36(18-44)38(48)22-8-10-28(46)30(12-22)50-2/h7-16,25-26,35-40,43-48H,17-20H2,1-6H3/t25-,26-,35+,36+,37-,38-,39+,40+/m1/s1. The second kappa shape index (κ2) is 18.5. The third kappa shape index (κ3) is 8.30. The zero-order chi connectivity index (χ0) is 41.7. The summed E-state index contributed by atoms with van der Waals surface area (Å²) in [7, 11) is 8.65. The number of aliphatic hydroxyl groups is 4. The molecule has 8 atom stereocenters. The number of hydrogen-bond acceptors (Lipinski definition) is 16. The summed E-state index contributed by atoms with van der Waals surface area (Å²) < 4.78 is 58.4. The van der Waals surface area contributed by atoms with Gasteiger partial charge in [-0.05, 0) is 70.8 Å². The number of aromatic hydroxyl groups is 2. The molecule has 0 saturated carbocycles. The summed E-state index contributed by atoms with van der Waals surface area (Å²) in [4.78, 5) is 0. The number of fused-ring (bicyclic) bond motifs is 1. The highest BCUT2D eigenvalue weighted by Crippen LogP contribution is 2.54. The lowest BCUT2D eigenvalue weighted by atomic mass is 9.84. The highest BCUT2D eigenvalue weighted by atomic mass is 16.6. The molecular weight excluding hydrogens is 760 g/mol. The molecule has 0 amide bonds. The normalized spacial score (nSPS) is 20.7. The Hall–Kier alpha value is -5.36. The molecule has 16 heteroatoms. The summed E-state index contributed by atoms with van der Waals surface area (Å²) in [5.41, 5.74) is 2.17.